The Labute approximate surface area is 128 Å². The first kappa shape index (κ1) is 14.2. The van der Waals surface area contributed by atoms with E-state index in [-0.39, 0.29) is 5.60 Å². The van der Waals surface area contributed by atoms with Crippen LogP contribution in [-0.2, 0) is 9.53 Å². The van der Waals surface area contributed by atoms with Crippen molar-refractivity contribution in [3.05, 3.63) is 0 Å². The van der Waals surface area contributed by atoms with Gasteiger partial charge in [0.05, 0.1) is 5.60 Å². The van der Waals surface area contributed by atoms with Crippen LogP contribution in [0.3, 0.4) is 0 Å². The van der Waals surface area contributed by atoms with Gasteiger partial charge < -0.3 is 4.74 Å². The van der Waals surface area contributed by atoms with Gasteiger partial charge in [0, 0.05) is 31.0 Å². The fourth-order valence-corrected chi connectivity index (χ4v) is 5.32. The highest BCUT2D eigenvalue weighted by atomic mass is 16.5. The monoisotopic (exact) mass is 291 g/mol. The number of likely N-dealkylation sites (tertiary alicyclic amines) is 1. The molecular formula is C18H29NO2. The van der Waals surface area contributed by atoms with Crippen molar-refractivity contribution in [3.8, 4) is 0 Å². The highest BCUT2D eigenvalue weighted by molar-refractivity contribution is 5.82. The van der Waals surface area contributed by atoms with E-state index < -0.39 is 0 Å². The smallest absolute Gasteiger partial charge is 0.137 e. The number of Topliss-reactive ketones (excluding diaryl/α,β-unsaturated/α-hetero) is 1. The number of ether oxygens (including phenoxy) is 1. The second kappa shape index (κ2) is 5.66. The van der Waals surface area contributed by atoms with Gasteiger partial charge in [-0.25, -0.2) is 0 Å². The number of hydrogen-bond donors (Lipinski definition) is 0. The van der Waals surface area contributed by atoms with Crippen molar-refractivity contribution in [2.24, 2.45) is 5.92 Å². The lowest BCUT2D eigenvalue weighted by Crippen LogP contribution is -2.54. The summed E-state index contributed by atoms with van der Waals surface area (Å²) >= 11 is 0. The normalized spacial score (nSPS) is 40.4. The summed E-state index contributed by atoms with van der Waals surface area (Å²) < 4.78 is 6.10. The SMILES string of the molecule is O=C1CCCCC1C1CCCN1C1CCOC2(CCC2)C1. The molecule has 2 aliphatic heterocycles. The minimum Gasteiger partial charge on any atom is -0.375 e. The summed E-state index contributed by atoms with van der Waals surface area (Å²) in [4.78, 5) is 15.1. The zero-order valence-corrected chi connectivity index (χ0v) is 13.2. The van der Waals surface area contributed by atoms with Crippen molar-refractivity contribution in [1.82, 2.24) is 4.90 Å². The summed E-state index contributed by atoms with van der Waals surface area (Å²) in [5, 5.41) is 0. The summed E-state index contributed by atoms with van der Waals surface area (Å²) in [5.74, 6) is 0.907. The van der Waals surface area contributed by atoms with E-state index in [1.807, 2.05) is 0 Å². The Kier molecular flexibility index (Phi) is 3.83. The quantitative estimate of drug-likeness (QED) is 0.781. The molecule has 118 valence electrons. The van der Waals surface area contributed by atoms with Crippen LogP contribution >= 0.6 is 0 Å². The van der Waals surface area contributed by atoms with Crippen molar-refractivity contribution in [3.63, 3.8) is 0 Å². The summed E-state index contributed by atoms with van der Waals surface area (Å²) in [6.07, 6.45) is 13.2. The van der Waals surface area contributed by atoms with Crippen molar-refractivity contribution in [2.75, 3.05) is 13.2 Å². The number of carbonyl (C=O) groups is 1. The Hall–Kier alpha value is -0.410. The molecule has 0 bridgehead atoms. The molecule has 4 fully saturated rings. The number of carbonyl (C=O) groups excluding carboxylic acids is 1. The van der Waals surface area contributed by atoms with Crippen LogP contribution in [0.5, 0.6) is 0 Å². The first-order valence-electron chi connectivity index (χ1n) is 9.20. The van der Waals surface area contributed by atoms with Gasteiger partial charge in [-0.3, -0.25) is 9.69 Å². The van der Waals surface area contributed by atoms with Gasteiger partial charge in [-0.1, -0.05) is 6.42 Å². The molecule has 0 N–H and O–H groups in total. The largest absolute Gasteiger partial charge is 0.375 e. The van der Waals surface area contributed by atoms with E-state index in [2.05, 4.69) is 4.90 Å². The van der Waals surface area contributed by atoms with Gasteiger partial charge in [-0.05, 0) is 64.3 Å². The molecule has 4 aliphatic rings. The summed E-state index contributed by atoms with van der Waals surface area (Å²) in [5.41, 5.74) is 0.229. The van der Waals surface area contributed by atoms with E-state index in [0.29, 0.717) is 23.8 Å². The maximum Gasteiger partial charge on any atom is 0.137 e. The van der Waals surface area contributed by atoms with Gasteiger partial charge in [0.2, 0.25) is 0 Å². The molecule has 3 nitrogen and oxygen atoms in total. The topological polar surface area (TPSA) is 29.5 Å². The van der Waals surface area contributed by atoms with E-state index in [4.69, 9.17) is 4.74 Å². The fraction of sp³-hybridized carbons (Fsp3) is 0.944. The first-order valence-corrected chi connectivity index (χ1v) is 9.20. The van der Waals surface area contributed by atoms with Crippen LogP contribution in [0.15, 0.2) is 0 Å². The minimum atomic E-state index is 0.229. The van der Waals surface area contributed by atoms with Crippen LogP contribution in [0.1, 0.15) is 70.6 Å². The van der Waals surface area contributed by atoms with Gasteiger partial charge >= 0.3 is 0 Å². The van der Waals surface area contributed by atoms with Crippen LogP contribution < -0.4 is 0 Å². The van der Waals surface area contributed by atoms with Gasteiger partial charge in [0.1, 0.15) is 5.78 Å². The zero-order chi connectivity index (χ0) is 14.3. The maximum atomic E-state index is 12.4. The van der Waals surface area contributed by atoms with E-state index in [1.165, 1.54) is 57.9 Å². The van der Waals surface area contributed by atoms with Crippen molar-refractivity contribution in [1.29, 1.82) is 0 Å². The first-order chi connectivity index (χ1) is 10.3. The molecule has 2 aliphatic carbocycles. The molecule has 0 aromatic carbocycles. The summed E-state index contributed by atoms with van der Waals surface area (Å²) in [7, 11) is 0. The molecule has 1 spiro atoms. The second-order valence-corrected chi connectivity index (χ2v) is 7.80. The maximum absolute atomic E-state index is 12.4. The van der Waals surface area contributed by atoms with Crippen LogP contribution in [0.25, 0.3) is 0 Å². The minimum absolute atomic E-state index is 0.229. The average molecular weight is 291 g/mol. The molecule has 0 amide bonds. The molecule has 2 saturated carbocycles. The third-order valence-electron chi connectivity index (χ3n) is 6.61. The van der Waals surface area contributed by atoms with E-state index >= 15 is 0 Å². The van der Waals surface area contributed by atoms with Crippen LogP contribution in [0, 0.1) is 5.92 Å². The molecule has 0 radical (unpaired) electrons. The second-order valence-electron chi connectivity index (χ2n) is 7.80. The number of ketones is 1. The van der Waals surface area contributed by atoms with Gasteiger partial charge in [-0.2, -0.15) is 0 Å². The molecule has 0 aromatic heterocycles. The van der Waals surface area contributed by atoms with Crippen molar-refractivity contribution in [2.45, 2.75) is 88.3 Å². The molecule has 3 atom stereocenters. The fourth-order valence-electron chi connectivity index (χ4n) is 5.32. The average Bonchev–Trinajstić information content (AvgIpc) is 2.95. The molecular weight excluding hydrogens is 262 g/mol. The Morgan fingerprint density at radius 2 is 1.95 bits per heavy atom. The lowest BCUT2D eigenvalue weighted by Gasteiger charge is -2.50. The van der Waals surface area contributed by atoms with Crippen molar-refractivity contribution < 1.29 is 9.53 Å². The lowest BCUT2D eigenvalue weighted by molar-refractivity contribution is -0.152. The standard InChI is InChI=1S/C18H29NO2/c20-17-7-2-1-5-15(17)16-6-3-11-19(16)14-8-12-21-18(13-14)9-4-10-18/h14-16H,1-13H2. The van der Waals surface area contributed by atoms with E-state index in [9.17, 15) is 4.79 Å². The highest BCUT2D eigenvalue weighted by Crippen LogP contribution is 2.45. The van der Waals surface area contributed by atoms with Crippen LogP contribution in [0.2, 0.25) is 0 Å². The van der Waals surface area contributed by atoms with Gasteiger partial charge in [-0.15, -0.1) is 0 Å². The molecule has 2 heterocycles. The summed E-state index contributed by atoms with van der Waals surface area (Å²) in [6, 6.07) is 1.24. The van der Waals surface area contributed by atoms with Crippen LogP contribution in [-0.4, -0.2) is 41.5 Å². The Morgan fingerprint density at radius 3 is 2.71 bits per heavy atom. The summed E-state index contributed by atoms with van der Waals surface area (Å²) in [6.45, 7) is 2.15. The van der Waals surface area contributed by atoms with Gasteiger partial charge in [0.15, 0.2) is 0 Å². The molecule has 2 saturated heterocycles. The number of nitrogens with zero attached hydrogens (tertiary/aromatic N) is 1. The third-order valence-corrected chi connectivity index (χ3v) is 6.61. The lowest BCUT2D eigenvalue weighted by atomic mass is 9.73. The van der Waals surface area contributed by atoms with Crippen LogP contribution in [0.4, 0.5) is 0 Å². The number of hydrogen-bond acceptors (Lipinski definition) is 3. The zero-order valence-electron chi connectivity index (χ0n) is 13.2. The van der Waals surface area contributed by atoms with E-state index in [0.717, 1.165) is 25.9 Å². The van der Waals surface area contributed by atoms with Gasteiger partial charge in [0.25, 0.3) is 0 Å². The molecule has 4 rings (SSSR count). The predicted molar refractivity (Wildman–Crippen MR) is 82.2 cm³/mol. The highest BCUT2D eigenvalue weighted by Gasteiger charge is 2.47. The predicted octanol–water partition coefficient (Wildman–Crippen LogP) is 3.31. The third kappa shape index (κ3) is 2.57. The number of rotatable bonds is 2. The molecule has 3 heteroatoms. The Balaban J connectivity index is 1.46. The molecule has 21 heavy (non-hydrogen) atoms. The van der Waals surface area contributed by atoms with Crippen molar-refractivity contribution >= 4 is 5.78 Å². The molecule has 0 aromatic rings. The Bertz CT molecular complexity index is 404. The van der Waals surface area contributed by atoms with E-state index in [1.54, 1.807) is 0 Å². The Morgan fingerprint density at radius 1 is 1.05 bits per heavy atom. The molecule has 3 unspecified atom stereocenters.